The van der Waals surface area contributed by atoms with Crippen molar-refractivity contribution in [2.45, 2.75) is 32.4 Å². The Labute approximate surface area is 99.9 Å². The Morgan fingerprint density at radius 3 is 2.47 bits per heavy atom. The molecule has 1 rings (SSSR count). The third kappa shape index (κ3) is 3.13. The first-order valence-corrected chi connectivity index (χ1v) is 5.27. The standard InChI is InChI=1S/C11H17N3O3/c1-11(2,3)14(10(16)17)9(7-15)8-6-12-4-5-13-8/h4-6,9,15H,7H2,1-3H3,(H,16,17). The fourth-order valence-electron chi connectivity index (χ4n) is 1.68. The third-order valence-electron chi connectivity index (χ3n) is 2.34. The van der Waals surface area contributed by atoms with E-state index in [4.69, 9.17) is 0 Å². The molecule has 1 heterocycles. The van der Waals surface area contributed by atoms with E-state index in [1.807, 2.05) is 0 Å². The largest absolute Gasteiger partial charge is 0.465 e. The number of carbonyl (C=O) groups is 1. The van der Waals surface area contributed by atoms with E-state index >= 15 is 0 Å². The minimum atomic E-state index is -1.10. The maximum atomic E-state index is 11.3. The molecule has 0 aromatic carbocycles. The topological polar surface area (TPSA) is 86.6 Å². The molecular formula is C11H17N3O3. The van der Waals surface area contributed by atoms with Crippen LogP contribution in [0, 0.1) is 0 Å². The zero-order valence-corrected chi connectivity index (χ0v) is 10.2. The van der Waals surface area contributed by atoms with Crippen molar-refractivity contribution in [3.8, 4) is 0 Å². The van der Waals surface area contributed by atoms with Crippen molar-refractivity contribution in [3.05, 3.63) is 24.3 Å². The summed E-state index contributed by atoms with van der Waals surface area (Å²) in [6.07, 6.45) is 3.34. The molecule has 1 unspecified atom stereocenters. The molecule has 0 bridgehead atoms. The van der Waals surface area contributed by atoms with Crippen LogP contribution in [0.1, 0.15) is 32.5 Å². The van der Waals surface area contributed by atoms with Gasteiger partial charge in [-0.15, -0.1) is 0 Å². The second-order valence-electron chi connectivity index (χ2n) is 4.65. The molecule has 0 saturated heterocycles. The first-order chi connectivity index (χ1) is 7.88. The molecule has 1 amide bonds. The molecule has 0 aliphatic heterocycles. The summed E-state index contributed by atoms with van der Waals surface area (Å²) in [6, 6.07) is -0.707. The Morgan fingerprint density at radius 2 is 2.12 bits per heavy atom. The first-order valence-electron chi connectivity index (χ1n) is 5.27. The fraction of sp³-hybridized carbons (Fsp3) is 0.545. The Morgan fingerprint density at radius 1 is 1.47 bits per heavy atom. The van der Waals surface area contributed by atoms with Gasteiger partial charge in [0.1, 0.15) is 6.04 Å². The van der Waals surface area contributed by atoms with Gasteiger partial charge in [0.05, 0.1) is 18.5 Å². The van der Waals surface area contributed by atoms with Crippen molar-refractivity contribution in [3.63, 3.8) is 0 Å². The quantitative estimate of drug-likeness (QED) is 0.830. The fourth-order valence-corrected chi connectivity index (χ4v) is 1.68. The normalized spacial score (nSPS) is 13.2. The highest BCUT2D eigenvalue weighted by Gasteiger charge is 2.34. The number of rotatable bonds is 3. The Hall–Kier alpha value is -1.69. The molecule has 0 saturated carbocycles. The third-order valence-corrected chi connectivity index (χ3v) is 2.34. The molecule has 6 nitrogen and oxygen atoms in total. The first kappa shape index (κ1) is 13.4. The van der Waals surface area contributed by atoms with Crippen molar-refractivity contribution in [2.24, 2.45) is 0 Å². The van der Waals surface area contributed by atoms with Crippen LogP contribution in [-0.4, -0.2) is 43.3 Å². The van der Waals surface area contributed by atoms with E-state index in [0.717, 1.165) is 0 Å². The lowest BCUT2D eigenvalue weighted by Gasteiger charge is -2.38. The van der Waals surface area contributed by atoms with Crippen LogP contribution in [0.15, 0.2) is 18.6 Å². The molecule has 1 aromatic heterocycles. The summed E-state index contributed by atoms with van der Waals surface area (Å²) < 4.78 is 0. The van der Waals surface area contributed by atoms with Crippen LogP contribution in [0.25, 0.3) is 0 Å². The molecule has 0 aliphatic carbocycles. The molecule has 17 heavy (non-hydrogen) atoms. The number of amides is 1. The Bertz CT molecular complexity index is 375. The lowest BCUT2D eigenvalue weighted by Crippen LogP contribution is -2.48. The van der Waals surface area contributed by atoms with Gasteiger partial charge < -0.3 is 10.2 Å². The Balaban J connectivity index is 3.11. The van der Waals surface area contributed by atoms with E-state index in [0.29, 0.717) is 5.69 Å². The van der Waals surface area contributed by atoms with Crippen LogP contribution in [0.3, 0.4) is 0 Å². The molecule has 1 atom stereocenters. The summed E-state index contributed by atoms with van der Waals surface area (Å²) in [5.74, 6) is 0. The van der Waals surface area contributed by atoms with Crippen molar-refractivity contribution in [2.75, 3.05) is 6.61 Å². The number of carboxylic acid groups (broad SMARTS) is 1. The maximum Gasteiger partial charge on any atom is 0.408 e. The minimum Gasteiger partial charge on any atom is -0.465 e. The van der Waals surface area contributed by atoms with Gasteiger partial charge in [-0.1, -0.05) is 0 Å². The Kier molecular flexibility index (Phi) is 4.01. The van der Waals surface area contributed by atoms with Crippen LogP contribution < -0.4 is 0 Å². The van der Waals surface area contributed by atoms with Crippen LogP contribution in [-0.2, 0) is 0 Å². The van der Waals surface area contributed by atoms with Gasteiger partial charge in [-0.2, -0.15) is 0 Å². The van der Waals surface area contributed by atoms with Crippen molar-refractivity contribution in [1.29, 1.82) is 0 Å². The number of aliphatic hydroxyl groups excluding tert-OH is 1. The highest BCUT2D eigenvalue weighted by molar-refractivity contribution is 5.66. The van der Waals surface area contributed by atoms with Crippen molar-refractivity contribution < 1.29 is 15.0 Å². The number of aromatic nitrogens is 2. The molecule has 0 radical (unpaired) electrons. The van der Waals surface area contributed by atoms with Gasteiger partial charge in [-0.3, -0.25) is 14.9 Å². The van der Waals surface area contributed by atoms with Crippen LogP contribution in [0.4, 0.5) is 4.79 Å². The molecule has 0 fully saturated rings. The van der Waals surface area contributed by atoms with Crippen LogP contribution >= 0.6 is 0 Å². The zero-order valence-electron chi connectivity index (χ0n) is 10.2. The number of hydrogen-bond acceptors (Lipinski definition) is 4. The number of hydrogen-bond donors (Lipinski definition) is 2. The average Bonchev–Trinajstić information content (AvgIpc) is 2.24. The molecule has 0 aliphatic rings. The second kappa shape index (κ2) is 5.09. The number of nitrogens with zero attached hydrogens (tertiary/aromatic N) is 3. The minimum absolute atomic E-state index is 0.331. The summed E-state index contributed by atoms with van der Waals surface area (Å²) >= 11 is 0. The van der Waals surface area contributed by atoms with Crippen molar-refractivity contribution in [1.82, 2.24) is 14.9 Å². The van der Waals surface area contributed by atoms with Crippen LogP contribution in [0.2, 0.25) is 0 Å². The number of aliphatic hydroxyl groups is 1. The van der Waals surface area contributed by atoms with Gasteiger partial charge in [-0.05, 0) is 20.8 Å². The smallest absolute Gasteiger partial charge is 0.408 e. The van der Waals surface area contributed by atoms with E-state index in [-0.39, 0.29) is 6.61 Å². The monoisotopic (exact) mass is 239 g/mol. The predicted molar refractivity (Wildman–Crippen MR) is 61.5 cm³/mol. The van der Waals surface area contributed by atoms with Gasteiger partial charge in [-0.25, -0.2) is 4.79 Å². The molecule has 2 N–H and O–H groups in total. The summed E-state index contributed by atoms with van der Waals surface area (Å²) in [4.78, 5) is 20.4. The maximum absolute atomic E-state index is 11.3. The molecule has 0 spiro atoms. The average molecular weight is 239 g/mol. The van der Waals surface area contributed by atoms with Crippen molar-refractivity contribution >= 4 is 6.09 Å². The van der Waals surface area contributed by atoms with Gasteiger partial charge in [0, 0.05) is 17.9 Å². The second-order valence-corrected chi connectivity index (χ2v) is 4.65. The highest BCUT2D eigenvalue weighted by atomic mass is 16.4. The SMILES string of the molecule is CC(C)(C)N(C(=O)O)C(CO)c1cnccn1. The molecule has 1 aromatic rings. The van der Waals surface area contributed by atoms with E-state index < -0.39 is 17.7 Å². The summed E-state index contributed by atoms with van der Waals surface area (Å²) in [6.45, 7) is 4.96. The van der Waals surface area contributed by atoms with E-state index in [2.05, 4.69) is 9.97 Å². The van der Waals surface area contributed by atoms with E-state index in [9.17, 15) is 15.0 Å². The lowest BCUT2D eigenvalue weighted by molar-refractivity contribution is 0.0441. The summed E-state index contributed by atoms with van der Waals surface area (Å²) in [7, 11) is 0. The predicted octanol–water partition coefficient (Wildman–Crippen LogP) is 1.29. The van der Waals surface area contributed by atoms with E-state index in [1.54, 1.807) is 20.8 Å². The van der Waals surface area contributed by atoms with Crippen LogP contribution in [0.5, 0.6) is 0 Å². The molecule has 6 heteroatoms. The lowest BCUT2D eigenvalue weighted by atomic mass is 10.0. The van der Waals surface area contributed by atoms with Gasteiger partial charge in [0.25, 0.3) is 0 Å². The highest BCUT2D eigenvalue weighted by Crippen LogP contribution is 2.26. The zero-order chi connectivity index (χ0) is 13.1. The molecule has 94 valence electrons. The summed E-state index contributed by atoms with van der Waals surface area (Å²) in [5, 5.41) is 18.6. The van der Waals surface area contributed by atoms with Gasteiger partial charge in [0.15, 0.2) is 0 Å². The van der Waals surface area contributed by atoms with Gasteiger partial charge >= 0.3 is 6.09 Å². The van der Waals surface area contributed by atoms with E-state index in [1.165, 1.54) is 23.5 Å². The molecular weight excluding hydrogens is 222 g/mol. The van der Waals surface area contributed by atoms with Gasteiger partial charge in [0.2, 0.25) is 0 Å². The summed E-state index contributed by atoms with van der Waals surface area (Å²) in [5.41, 5.74) is -0.191.